The molecule has 14 nitrogen and oxygen atoms in total. The van der Waals surface area contributed by atoms with Crippen LogP contribution in [0.15, 0.2) is 21.9 Å². The van der Waals surface area contributed by atoms with Gasteiger partial charge in [0.25, 0.3) is 11.4 Å². The minimum absolute atomic E-state index is 0.154. The summed E-state index contributed by atoms with van der Waals surface area (Å²) < 4.78 is 50.5. The van der Waals surface area contributed by atoms with Gasteiger partial charge < -0.3 is 29.6 Å². The van der Waals surface area contributed by atoms with Crippen LogP contribution in [0.1, 0.15) is 12.5 Å². The summed E-state index contributed by atoms with van der Waals surface area (Å²) in [6, 6.07) is 0.0183. The lowest BCUT2D eigenvalue weighted by Crippen LogP contribution is -2.43. The van der Waals surface area contributed by atoms with Gasteiger partial charge in [0.15, 0.2) is 0 Å². The molecule has 1 aromatic rings. The average Bonchev–Trinajstić information content (AvgIpc) is 3.19. The van der Waals surface area contributed by atoms with Gasteiger partial charge in [-0.15, -0.1) is 0 Å². The van der Waals surface area contributed by atoms with Crippen molar-refractivity contribution in [3.8, 4) is 0 Å². The average molecular weight is 448 g/mol. The fourth-order valence-corrected chi connectivity index (χ4v) is 4.66. The van der Waals surface area contributed by atoms with Crippen LogP contribution in [0.3, 0.4) is 0 Å². The van der Waals surface area contributed by atoms with Crippen LogP contribution in [-0.2, 0) is 22.7 Å². The number of hydrogen-bond acceptors (Lipinski definition) is 9. The zero-order valence-electron chi connectivity index (χ0n) is 13.6. The topological polar surface area (TPSA) is 218 Å². The first-order valence-corrected chi connectivity index (χ1v) is 10.5. The maximum atomic E-state index is 14.9. The number of nitrogens with one attached hydrogen (secondary N) is 1. The molecule has 158 valence electrons. The van der Waals surface area contributed by atoms with Gasteiger partial charge in [0, 0.05) is 18.7 Å². The number of H-pyrrole nitrogens is 1. The quantitative estimate of drug-likeness (QED) is 0.257. The monoisotopic (exact) mass is 448 g/mol. The van der Waals surface area contributed by atoms with E-state index in [4.69, 9.17) is 14.5 Å². The summed E-state index contributed by atoms with van der Waals surface area (Å²) in [7, 11) is -10.9. The molecule has 0 bridgehead atoms. The number of nitrogens with zero attached hydrogens (tertiary/aromatic N) is 1. The standard InChI is InChI=1S/C11H15FN2O12P2/c12-11(4-24-28(22,23)26-27(19,20)21)8(17)7(16)10(25-11)3-5(10)14-2-1-6(15)13-9(14)18/h1-2,5,7-8,16-17H,3-4H2,(H,22,23)(H,13,15,18)(H2,19,20,21)/t5?,7-,8+,10?,11-/m1/s1. The van der Waals surface area contributed by atoms with Gasteiger partial charge in [-0.05, 0) is 0 Å². The number of aromatic nitrogens is 2. The Morgan fingerprint density at radius 3 is 2.50 bits per heavy atom. The van der Waals surface area contributed by atoms with Crippen LogP contribution >= 0.6 is 15.6 Å². The number of phosphoric ester groups is 1. The fraction of sp³-hybridized carbons (Fsp3) is 0.636. The first-order valence-electron chi connectivity index (χ1n) is 7.50. The molecule has 1 aliphatic carbocycles. The number of alkyl halides is 1. The highest BCUT2D eigenvalue weighted by atomic mass is 31.3. The van der Waals surface area contributed by atoms with Crippen LogP contribution in [0.2, 0.25) is 0 Å². The van der Waals surface area contributed by atoms with Crippen molar-refractivity contribution in [2.24, 2.45) is 0 Å². The summed E-state index contributed by atoms with van der Waals surface area (Å²) in [6.07, 6.45) is -3.27. The molecule has 2 heterocycles. The summed E-state index contributed by atoms with van der Waals surface area (Å²) in [6.45, 7) is -1.53. The van der Waals surface area contributed by atoms with E-state index < -0.39 is 63.2 Å². The third-order valence-electron chi connectivity index (χ3n) is 4.34. The maximum Gasteiger partial charge on any atom is 0.481 e. The summed E-state index contributed by atoms with van der Waals surface area (Å²) in [5.41, 5.74) is -3.37. The van der Waals surface area contributed by atoms with Crippen LogP contribution in [0.5, 0.6) is 0 Å². The molecule has 3 rings (SSSR count). The van der Waals surface area contributed by atoms with E-state index in [0.29, 0.717) is 0 Å². The number of aliphatic hydroxyl groups excluding tert-OH is 2. The van der Waals surface area contributed by atoms with Crippen molar-refractivity contribution in [1.82, 2.24) is 9.55 Å². The van der Waals surface area contributed by atoms with Crippen LogP contribution in [-0.4, -0.2) is 64.7 Å². The Labute approximate surface area is 154 Å². The Kier molecular flexibility index (Phi) is 5.09. The van der Waals surface area contributed by atoms with E-state index in [1.807, 2.05) is 4.98 Å². The lowest BCUT2D eigenvalue weighted by molar-refractivity contribution is -0.200. The smallest absolute Gasteiger partial charge is 0.387 e. The predicted molar refractivity (Wildman–Crippen MR) is 83.6 cm³/mol. The van der Waals surface area contributed by atoms with Crippen molar-refractivity contribution in [2.75, 3.05) is 6.61 Å². The number of aromatic amines is 1. The number of aliphatic hydroxyl groups is 2. The molecule has 28 heavy (non-hydrogen) atoms. The predicted octanol–water partition coefficient (Wildman–Crippen LogP) is -2.14. The minimum Gasteiger partial charge on any atom is -0.387 e. The van der Waals surface area contributed by atoms with Crippen molar-refractivity contribution < 1.29 is 52.0 Å². The van der Waals surface area contributed by atoms with Gasteiger partial charge in [0.05, 0.1) is 6.04 Å². The van der Waals surface area contributed by atoms with E-state index in [2.05, 4.69) is 8.83 Å². The Morgan fingerprint density at radius 2 is 1.93 bits per heavy atom. The molecule has 17 heteroatoms. The molecule has 6 atom stereocenters. The van der Waals surface area contributed by atoms with Gasteiger partial charge in [-0.2, -0.15) is 4.31 Å². The summed E-state index contributed by atoms with van der Waals surface area (Å²) >= 11 is 0. The second-order valence-corrected chi connectivity index (χ2v) is 9.11. The van der Waals surface area contributed by atoms with Gasteiger partial charge >= 0.3 is 21.3 Å². The van der Waals surface area contributed by atoms with Gasteiger partial charge in [0.2, 0.25) is 0 Å². The van der Waals surface area contributed by atoms with Crippen molar-refractivity contribution in [1.29, 1.82) is 0 Å². The Bertz CT molecular complexity index is 990. The largest absolute Gasteiger partial charge is 0.481 e. The van der Waals surface area contributed by atoms with Gasteiger partial charge in [-0.25, -0.2) is 18.3 Å². The molecule has 1 spiro atoms. The van der Waals surface area contributed by atoms with E-state index in [0.717, 1.165) is 16.8 Å². The van der Waals surface area contributed by atoms with Gasteiger partial charge in [-0.1, -0.05) is 0 Å². The molecule has 1 aliphatic heterocycles. The van der Waals surface area contributed by atoms with Crippen LogP contribution in [0.4, 0.5) is 4.39 Å². The molecule has 0 radical (unpaired) electrons. The third-order valence-corrected chi connectivity index (χ3v) is 6.47. The highest BCUT2D eigenvalue weighted by Crippen LogP contribution is 2.62. The van der Waals surface area contributed by atoms with Crippen molar-refractivity contribution in [3.05, 3.63) is 33.1 Å². The number of phosphoric acid groups is 2. The van der Waals surface area contributed by atoms with E-state index in [1.54, 1.807) is 0 Å². The van der Waals surface area contributed by atoms with E-state index in [-0.39, 0.29) is 6.42 Å². The normalized spacial score (nSPS) is 37.1. The molecule has 0 amide bonds. The minimum atomic E-state index is -5.45. The van der Waals surface area contributed by atoms with Crippen molar-refractivity contribution in [3.63, 3.8) is 0 Å². The van der Waals surface area contributed by atoms with Crippen LogP contribution in [0, 0.1) is 0 Å². The lowest BCUT2D eigenvalue weighted by Gasteiger charge is -2.24. The van der Waals surface area contributed by atoms with E-state index in [1.165, 1.54) is 0 Å². The number of rotatable bonds is 6. The van der Waals surface area contributed by atoms with Crippen LogP contribution in [0.25, 0.3) is 0 Å². The Morgan fingerprint density at radius 1 is 1.29 bits per heavy atom. The Balaban J connectivity index is 1.77. The zero-order chi connectivity index (χ0) is 21.1. The Hall–Kier alpha value is -1.25. The van der Waals surface area contributed by atoms with E-state index in [9.17, 15) is 38.2 Å². The van der Waals surface area contributed by atoms with Crippen molar-refractivity contribution in [2.45, 2.75) is 36.1 Å². The molecular weight excluding hydrogens is 433 g/mol. The van der Waals surface area contributed by atoms with Gasteiger partial charge in [0.1, 0.15) is 24.4 Å². The first kappa shape index (κ1) is 21.5. The molecule has 0 aromatic carbocycles. The highest BCUT2D eigenvalue weighted by Gasteiger charge is 2.75. The summed E-state index contributed by atoms with van der Waals surface area (Å²) in [5.74, 6) is -3.27. The zero-order valence-corrected chi connectivity index (χ0v) is 15.4. The second kappa shape index (κ2) is 6.64. The summed E-state index contributed by atoms with van der Waals surface area (Å²) in [4.78, 5) is 51.1. The highest BCUT2D eigenvalue weighted by molar-refractivity contribution is 7.60. The number of halogens is 1. The first-order chi connectivity index (χ1) is 12.7. The molecule has 1 saturated carbocycles. The molecule has 2 fully saturated rings. The van der Waals surface area contributed by atoms with E-state index >= 15 is 0 Å². The number of ether oxygens (including phenoxy) is 1. The van der Waals surface area contributed by atoms with Crippen molar-refractivity contribution >= 4 is 15.6 Å². The molecule has 2 aliphatic rings. The number of hydrogen-bond donors (Lipinski definition) is 6. The molecule has 1 saturated heterocycles. The summed E-state index contributed by atoms with van der Waals surface area (Å²) in [5, 5.41) is 20.1. The second-order valence-electron chi connectivity index (χ2n) is 6.28. The SMILES string of the molecule is O=c1ccn(C2CC23O[C@](F)(COP(=O)(O)OP(=O)(O)O)[C@@H](O)[C@H]3O)c(=O)[nH]1. The maximum absolute atomic E-state index is 14.9. The van der Waals surface area contributed by atoms with Crippen LogP contribution < -0.4 is 11.2 Å². The lowest BCUT2D eigenvalue weighted by atomic mass is 10.1. The molecule has 3 unspecified atom stereocenters. The molecule has 6 N–H and O–H groups in total. The third kappa shape index (κ3) is 3.91. The molecule has 1 aromatic heterocycles. The fourth-order valence-electron chi connectivity index (χ4n) is 3.06. The molecular formula is C11H15FN2O12P2. The van der Waals surface area contributed by atoms with Gasteiger partial charge in [-0.3, -0.25) is 18.9 Å².